The summed E-state index contributed by atoms with van der Waals surface area (Å²) in [4.78, 5) is 39.4. The van der Waals surface area contributed by atoms with Crippen LogP contribution in [-0.2, 0) is 19.1 Å². The minimum atomic E-state index is -1.32. The Balaban J connectivity index is 1.21. The maximum atomic E-state index is 13.4. The summed E-state index contributed by atoms with van der Waals surface area (Å²) in [7, 11) is 1.52. The van der Waals surface area contributed by atoms with Crippen molar-refractivity contribution in [3.63, 3.8) is 0 Å². The SMILES string of the molecule is COC1CN(C(=O)C2(CNC(=O)OCC3c4ccccc4-c4ccccc43)CC2)C(C)(C(=O)O)C1. The van der Waals surface area contributed by atoms with Crippen molar-refractivity contribution in [1.29, 1.82) is 0 Å². The van der Waals surface area contributed by atoms with Crippen molar-refractivity contribution < 1.29 is 29.0 Å². The van der Waals surface area contributed by atoms with Gasteiger partial charge in [-0.15, -0.1) is 0 Å². The molecule has 2 atom stereocenters. The van der Waals surface area contributed by atoms with Crippen molar-refractivity contribution in [2.75, 3.05) is 26.8 Å². The number of hydrogen-bond donors (Lipinski definition) is 2. The van der Waals surface area contributed by atoms with Crippen LogP contribution < -0.4 is 5.32 Å². The van der Waals surface area contributed by atoms with E-state index in [0.29, 0.717) is 12.8 Å². The van der Waals surface area contributed by atoms with E-state index in [-0.39, 0.29) is 44.0 Å². The van der Waals surface area contributed by atoms with Gasteiger partial charge in [0.2, 0.25) is 5.91 Å². The Hall–Kier alpha value is -3.39. The number of rotatable bonds is 7. The summed E-state index contributed by atoms with van der Waals surface area (Å²) in [6.45, 7) is 2.10. The molecule has 0 spiro atoms. The number of benzene rings is 2. The first-order valence-electron chi connectivity index (χ1n) is 12.0. The van der Waals surface area contributed by atoms with Crippen molar-refractivity contribution in [2.45, 2.75) is 43.7 Å². The van der Waals surface area contributed by atoms with Crippen molar-refractivity contribution >= 4 is 18.0 Å². The lowest BCUT2D eigenvalue weighted by molar-refractivity contribution is -0.157. The average molecular weight is 479 g/mol. The Morgan fingerprint density at radius 3 is 2.20 bits per heavy atom. The number of aliphatic carboxylic acids is 1. The summed E-state index contributed by atoms with van der Waals surface area (Å²) in [5, 5.41) is 12.5. The van der Waals surface area contributed by atoms with Crippen LogP contribution >= 0.6 is 0 Å². The molecule has 8 heteroatoms. The first-order valence-corrected chi connectivity index (χ1v) is 12.0. The third-order valence-corrected chi connectivity index (χ3v) is 7.87. The Bertz CT molecular complexity index is 1130. The lowest BCUT2D eigenvalue weighted by Gasteiger charge is -2.33. The molecular weight excluding hydrogens is 448 g/mol. The van der Waals surface area contributed by atoms with Crippen LogP contribution in [0.1, 0.15) is 43.2 Å². The van der Waals surface area contributed by atoms with Crippen LogP contribution in [0.3, 0.4) is 0 Å². The lowest BCUT2D eigenvalue weighted by atomic mass is 9.96. The number of methoxy groups -OCH3 is 1. The zero-order valence-electron chi connectivity index (χ0n) is 20.0. The Morgan fingerprint density at radius 2 is 1.66 bits per heavy atom. The van der Waals surface area contributed by atoms with Crippen molar-refractivity contribution in [3.05, 3.63) is 59.7 Å². The van der Waals surface area contributed by atoms with E-state index in [1.54, 1.807) is 6.92 Å². The van der Waals surface area contributed by atoms with Crippen LogP contribution in [0.15, 0.2) is 48.5 Å². The molecule has 2 unspecified atom stereocenters. The second-order valence-electron chi connectivity index (χ2n) is 10.0. The summed E-state index contributed by atoms with van der Waals surface area (Å²) in [6.07, 6.45) is 0.521. The third kappa shape index (κ3) is 3.95. The summed E-state index contributed by atoms with van der Waals surface area (Å²) in [5.74, 6) is -1.34. The Morgan fingerprint density at radius 1 is 1.06 bits per heavy atom. The Kier molecular flexibility index (Phi) is 5.79. The number of hydrogen-bond acceptors (Lipinski definition) is 5. The van der Waals surface area contributed by atoms with Gasteiger partial charge in [-0.3, -0.25) is 4.79 Å². The number of carbonyl (C=O) groups excluding carboxylic acids is 2. The number of likely N-dealkylation sites (tertiary alicyclic amines) is 1. The van der Waals surface area contributed by atoms with E-state index in [9.17, 15) is 19.5 Å². The summed E-state index contributed by atoms with van der Waals surface area (Å²) >= 11 is 0. The number of amides is 2. The molecule has 2 N–H and O–H groups in total. The van der Waals surface area contributed by atoms with Gasteiger partial charge in [-0.1, -0.05) is 48.5 Å². The van der Waals surface area contributed by atoms with Crippen LogP contribution in [0.25, 0.3) is 11.1 Å². The molecule has 2 aromatic rings. The molecule has 0 radical (unpaired) electrons. The lowest BCUT2D eigenvalue weighted by Crippen LogP contribution is -2.54. The molecule has 8 nitrogen and oxygen atoms in total. The highest BCUT2D eigenvalue weighted by atomic mass is 16.5. The predicted octanol–water partition coefficient (Wildman–Crippen LogP) is 3.40. The summed E-state index contributed by atoms with van der Waals surface area (Å²) in [6, 6.07) is 16.2. The van der Waals surface area contributed by atoms with E-state index < -0.39 is 23.0 Å². The van der Waals surface area contributed by atoms with Crippen molar-refractivity contribution in [2.24, 2.45) is 5.41 Å². The molecule has 0 bridgehead atoms. The van der Waals surface area contributed by atoms with Crippen LogP contribution in [0.2, 0.25) is 0 Å². The molecule has 1 saturated carbocycles. The molecule has 2 amide bonds. The minimum absolute atomic E-state index is 0.0449. The molecule has 2 aliphatic carbocycles. The highest BCUT2D eigenvalue weighted by Crippen LogP contribution is 2.49. The van der Waals surface area contributed by atoms with Crippen molar-refractivity contribution in [3.8, 4) is 11.1 Å². The van der Waals surface area contributed by atoms with Crippen LogP contribution in [0.4, 0.5) is 4.79 Å². The fourth-order valence-corrected chi connectivity index (χ4v) is 5.49. The summed E-state index contributed by atoms with van der Waals surface area (Å²) < 4.78 is 10.9. The van der Waals surface area contributed by atoms with E-state index in [2.05, 4.69) is 29.6 Å². The number of carbonyl (C=O) groups is 3. The first kappa shape index (κ1) is 23.4. The van der Waals surface area contributed by atoms with Gasteiger partial charge in [0, 0.05) is 32.5 Å². The predicted molar refractivity (Wildman–Crippen MR) is 128 cm³/mol. The molecule has 1 saturated heterocycles. The Labute approximate surface area is 204 Å². The average Bonchev–Trinajstić information content (AvgIpc) is 3.48. The molecule has 3 aliphatic rings. The quantitative estimate of drug-likeness (QED) is 0.632. The summed E-state index contributed by atoms with van der Waals surface area (Å²) in [5.41, 5.74) is 2.46. The molecule has 1 heterocycles. The second kappa shape index (κ2) is 8.68. The normalized spacial score (nSPS) is 23.9. The number of nitrogens with zero attached hydrogens (tertiary/aromatic N) is 1. The van der Waals surface area contributed by atoms with E-state index in [1.165, 1.54) is 12.0 Å². The van der Waals surface area contributed by atoms with Gasteiger partial charge in [-0.2, -0.15) is 0 Å². The van der Waals surface area contributed by atoms with Gasteiger partial charge in [0.1, 0.15) is 12.1 Å². The molecule has 2 aromatic carbocycles. The van der Waals surface area contributed by atoms with Gasteiger partial charge in [-0.05, 0) is 42.0 Å². The maximum absolute atomic E-state index is 13.4. The van der Waals surface area contributed by atoms with E-state index in [4.69, 9.17) is 9.47 Å². The fraction of sp³-hybridized carbons (Fsp3) is 0.444. The zero-order chi connectivity index (χ0) is 24.8. The van der Waals surface area contributed by atoms with E-state index >= 15 is 0 Å². The highest BCUT2D eigenvalue weighted by molar-refractivity contribution is 5.92. The second-order valence-corrected chi connectivity index (χ2v) is 10.0. The molecule has 5 rings (SSSR count). The number of ether oxygens (including phenoxy) is 2. The van der Waals surface area contributed by atoms with Crippen LogP contribution in [-0.4, -0.2) is 66.4 Å². The zero-order valence-corrected chi connectivity index (χ0v) is 20.0. The third-order valence-electron chi connectivity index (χ3n) is 7.87. The van der Waals surface area contributed by atoms with Crippen LogP contribution in [0.5, 0.6) is 0 Å². The van der Waals surface area contributed by atoms with Gasteiger partial charge < -0.3 is 24.8 Å². The molecule has 1 aliphatic heterocycles. The van der Waals surface area contributed by atoms with Crippen molar-refractivity contribution in [1.82, 2.24) is 10.2 Å². The molecule has 184 valence electrons. The highest BCUT2D eigenvalue weighted by Gasteiger charge is 2.59. The minimum Gasteiger partial charge on any atom is -0.480 e. The van der Waals surface area contributed by atoms with Gasteiger partial charge in [0.25, 0.3) is 0 Å². The van der Waals surface area contributed by atoms with Gasteiger partial charge in [0.15, 0.2) is 0 Å². The van der Waals surface area contributed by atoms with Gasteiger partial charge >= 0.3 is 12.1 Å². The van der Waals surface area contributed by atoms with E-state index in [0.717, 1.165) is 22.3 Å². The molecule has 0 aromatic heterocycles. The van der Waals surface area contributed by atoms with E-state index in [1.807, 2.05) is 24.3 Å². The topological polar surface area (TPSA) is 105 Å². The molecule has 35 heavy (non-hydrogen) atoms. The molecule has 2 fully saturated rings. The number of carboxylic acid groups (broad SMARTS) is 1. The first-order chi connectivity index (χ1) is 16.8. The monoisotopic (exact) mass is 478 g/mol. The number of carboxylic acids is 1. The van der Waals surface area contributed by atoms with Gasteiger partial charge in [-0.25, -0.2) is 9.59 Å². The largest absolute Gasteiger partial charge is 0.480 e. The number of nitrogens with one attached hydrogen (secondary N) is 1. The van der Waals surface area contributed by atoms with Crippen LogP contribution in [0, 0.1) is 5.41 Å². The maximum Gasteiger partial charge on any atom is 0.407 e. The molecular formula is C27H30N2O6. The number of alkyl carbamates (subject to hydrolysis) is 1. The standard InChI is InChI=1S/C27H30N2O6/c1-26(24(31)32)13-17(34-2)14-29(26)23(30)27(11-12-27)16-28-25(33)35-15-22-20-9-5-3-7-18(20)19-8-4-6-10-21(19)22/h3-10,17,22H,11-16H2,1-2H3,(H,28,33)(H,31,32). The number of fused-ring (bicyclic) bond motifs is 3. The fourth-order valence-electron chi connectivity index (χ4n) is 5.49. The smallest absolute Gasteiger partial charge is 0.407 e. The van der Waals surface area contributed by atoms with Gasteiger partial charge in [0.05, 0.1) is 11.5 Å².